The molecule has 3 rings (SSSR count). The highest BCUT2D eigenvalue weighted by atomic mass is 35.5. The Balaban J connectivity index is 1.35. The molecule has 1 aromatic rings. The van der Waals surface area contributed by atoms with Crippen LogP contribution >= 0.6 is 11.6 Å². The lowest BCUT2D eigenvalue weighted by atomic mass is 10.1. The molecule has 116 valence electrons. The second-order valence-electron chi connectivity index (χ2n) is 6.32. The van der Waals surface area contributed by atoms with Crippen LogP contribution in [0.3, 0.4) is 0 Å². The van der Waals surface area contributed by atoms with Gasteiger partial charge in [0.15, 0.2) is 0 Å². The van der Waals surface area contributed by atoms with E-state index in [-0.39, 0.29) is 6.10 Å². The molecule has 1 saturated carbocycles. The Bertz CT molecular complexity index is 474. The van der Waals surface area contributed by atoms with E-state index >= 15 is 0 Å². The summed E-state index contributed by atoms with van der Waals surface area (Å²) in [4.78, 5) is 2.50. The van der Waals surface area contributed by atoms with Gasteiger partial charge in [0.2, 0.25) is 0 Å². The quantitative estimate of drug-likeness (QED) is 0.817. The maximum absolute atomic E-state index is 6.02. The zero-order valence-electron chi connectivity index (χ0n) is 12.8. The molecule has 1 aromatic carbocycles. The van der Waals surface area contributed by atoms with E-state index < -0.39 is 0 Å². The summed E-state index contributed by atoms with van der Waals surface area (Å²) in [6.07, 6.45) is 6.76. The summed E-state index contributed by atoms with van der Waals surface area (Å²) in [5.74, 6) is 0.995. The molecule has 21 heavy (non-hydrogen) atoms. The Kier molecular flexibility index (Phi) is 5.04. The summed E-state index contributed by atoms with van der Waals surface area (Å²) in [5.41, 5.74) is 1.23. The third kappa shape index (κ3) is 3.91. The highest BCUT2D eigenvalue weighted by Crippen LogP contribution is 2.30. The second kappa shape index (κ2) is 6.99. The Morgan fingerprint density at radius 3 is 2.95 bits per heavy atom. The molecule has 1 fully saturated rings. The molecule has 4 heteroatoms. The van der Waals surface area contributed by atoms with Gasteiger partial charge in [0.05, 0.1) is 0 Å². The van der Waals surface area contributed by atoms with Gasteiger partial charge < -0.3 is 15.0 Å². The monoisotopic (exact) mass is 308 g/mol. The van der Waals surface area contributed by atoms with Gasteiger partial charge in [0.1, 0.15) is 11.9 Å². The van der Waals surface area contributed by atoms with E-state index in [4.69, 9.17) is 16.3 Å². The van der Waals surface area contributed by atoms with Crippen molar-refractivity contribution in [3.05, 3.63) is 28.8 Å². The lowest BCUT2D eigenvalue weighted by molar-refractivity contribution is 0.214. The number of likely N-dealkylation sites (N-methyl/N-ethyl adjacent to an activating group) is 1. The molecule has 0 saturated heterocycles. The molecular formula is C17H25ClN2O. The Morgan fingerprint density at radius 1 is 1.33 bits per heavy atom. The second-order valence-corrected chi connectivity index (χ2v) is 6.76. The van der Waals surface area contributed by atoms with Crippen molar-refractivity contribution in [2.45, 2.75) is 44.2 Å². The Morgan fingerprint density at radius 2 is 2.14 bits per heavy atom. The number of fused-ring (bicyclic) bond motifs is 1. The first-order valence-corrected chi connectivity index (χ1v) is 8.46. The van der Waals surface area contributed by atoms with E-state index in [9.17, 15) is 0 Å². The maximum atomic E-state index is 6.02. The molecule has 0 spiro atoms. The van der Waals surface area contributed by atoms with E-state index in [0.29, 0.717) is 0 Å². The minimum Gasteiger partial charge on any atom is -0.488 e. The van der Waals surface area contributed by atoms with Gasteiger partial charge in [-0.05, 0) is 43.7 Å². The molecule has 1 N–H and O–H groups in total. The van der Waals surface area contributed by atoms with Crippen molar-refractivity contribution < 1.29 is 4.74 Å². The Labute approximate surface area is 132 Å². The van der Waals surface area contributed by atoms with Crippen LogP contribution in [0, 0.1) is 0 Å². The molecule has 1 aliphatic carbocycles. The topological polar surface area (TPSA) is 24.5 Å². The summed E-state index contributed by atoms with van der Waals surface area (Å²) >= 11 is 6.02. The van der Waals surface area contributed by atoms with Crippen LogP contribution in [0.1, 0.15) is 31.2 Å². The molecule has 0 amide bonds. The third-order valence-corrected chi connectivity index (χ3v) is 4.96. The number of benzene rings is 1. The predicted molar refractivity (Wildman–Crippen MR) is 87.3 cm³/mol. The van der Waals surface area contributed by atoms with Gasteiger partial charge in [-0.3, -0.25) is 0 Å². The molecule has 1 aliphatic heterocycles. The van der Waals surface area contributed by atoms with Gasteiger partial charge in [-0.2, -0.15) is 0 Å². The van der Waals surface area contributed by atoms with Crippen LogP contribution in [-0.2, 0) is 6.42 Å². The lowest BCUT2D eigenvalue weighted by Crippen LogP contribution is -2.38. The van der Waals surface area contributed by atoms with Gasteiger partial charge in [0.25, 0.3) is 0 Å². The van der Waals surface area contributed by atoms with Crippen molar-refractivity contribution in [1.29, 1.82) is 0 Å². The highest BCUT2D eigenvalue weighted by Gasteiger charge is 2.23. The average Bonchev–Trinajstić information content (AvgIpc) is 3.11. The molecule has 0 bridgehead atoms. The SMILES string of the molecule is CN(CCNCC1Cc2cc(Cl)ccc2O1)C1CCCC1. The van der Waals surface area contributed by atoms with Crippen LogP contribution in [0.15, 0.2) is 18.2 Å². The van der Waals surface area contributed by atoms with Crippen LogP contribution in [0.2, 0.25) is 5.02 Å². The Hall–Kier alpha value is -0.770. The van der Waals surface area contributed by atoms with Crippen LogP contribution in [0.4, 0.5) is 0 Å². The zero-order chi connectivity index (χ0) is 14.7. The summed E-state index contributed by atoms with van der Waals surface area (Å²) in [6, 6.07) is 6.70. The summed E-state index contributed by atoms with van der Waals surface area (Å²) in [7, 11) is 2.25. The number of hydrogen-bond acceptors (Lipinski definition) is 3. The fraction of sp³-hybridized carbons (Fsp3) is 0.647. The first-order chi connectivity index (χ1) is 10.2. The summed E-state index contributed by atoms with van der Waals surface area (Å²) in [5, 5.41) is 4.33. The number of rotatable bonds is 6. The van der Waals surface area contributed by atoms with Gasteiger partial charge in [-0.15, -0.1) is 0 Å². The van der Waals surface area contributed by atoms with E-state index in [1.165, 1.54) is 31.2 Å². The van der Waals surface area contributed by atoms with Crippen molar-refractivity contribution in [2.75, 3.05) is 26.7 Å². The van der Waals surface area contributed by atoms with Crippen LogP contribution in [-0.4, -0.2) is 43.7 Å². The zero-order valence-corrected chi connectivity index (χ0v) is 13.5. The number of ether oxygens (including phenoxy) is 1. The fourth-order valence-electron chi connectivity index (χ4n) is 3.45. The van der Waals surface area contributed by atoms with E-state index in [1.54, 1.807) is 0 Å². The predicted octanol–water partition coefficient (Wildman–Crippen LogP) is 3.11. The fourth-order valence-corrected chi connectivity index (χ4v) is 3.64. The van der Waals surface area contributed by atoms with Gasteiger partial charge in [-0.1, -0.05) is 24.4 Å². The van der Waals surface area contributed by atoms with E-state index in [0.717, 1.165) is 42.9 Å². The third-order valence-electron chi connectivity index (χ3n) is 4.73. The number of nitrogens with one attached hydrogen (secondary N) is 1. The van der Waals surface area contributed by atoms with Crippen molar-refractivity contribution in [3.8, 4) is 5.75 Å². The van der Waals surface area contributed by atoms with Crippen LogP contribution < -0.4 is 10.1 Å². The minimum atomic E-state index is 0.246. The van der Waals surface area contributed by atoms with Crippen LogP contribution in [0.5, 0.6) is 5.75 Å². The normalized spacial score (nSPS) is 21.8. The number of halogens is 1. The first-order valence-electron chi connectivity index (χ1n) is 8.08. The standard InChI is InChI=1S/C17H25ClN2O/c1-20(15-4-2-3-5-15)9-8-19-12-16-11-13-10-14(18)6-7-17(13)21-16/h6-7,10,15-16,19H,2-5,8-9,11-12H2,1H3. The number of nitrogens with zero attached hydrogens (tertiary/aromatic N) is 1. The lowest BCUT2D eigenvalue weighted by Gasteiger charge is -2.24. The summed E-state index contributed by atoms with van der Waals surface area (Å²) in [6.45, 7) is 3.06. The van der Waals surface area contributed by atoms with Crippen molar-refractivity contribution >= 4 is 11.6 Å². The van der Waals surface area contributed by atoms with E-state index in [1.807, 2.05) is 18.2 Å². The van der Waals surface area contributed by atoms with Crippen molar-refractivity contribution in [1.82, 2.24) is 10.2 Å². The molecule has 1 atom stereocenters. The first kappa shape index (κ1) is 15.1. The average molecular weight is 309 g/mol. The highest BCUT2D eigenvalue weighted by molar-refractivity contribution is 6.30. The van der Waals surface area contributed by atoms with Crippen molar-refractivity contribution in [2.24, 2.45) is 0 Å². The molecule has 1 unspecified atom stereocenters. The van der Waals surface area contributed by atoms with Gasteiger partial charge in [0, 0.05) is 37.1 Å². The van der Waals surface area contributed by atoms with E-state index in [2.05, 4.69) is 17.3 Å². The minimum absolute atomic E-state index is 0.246. The largest absolute Gasteiger partial charge is 0.488 e. The molecule has 0 aromatic heterocycles. The molecule has 1 heterocycles. The molecule has 3 nitrogen and oxygen atoms in total. The summed E-state index contributed by atoms with van der Waals surface area (Å²) < 4.78 is 5.93. The van der Waals surface area contributed by atoms with Gasteiger partial charge >= 0.3 is 0 Å². The van der Waals surface area contributed by atoms with Crippen LogP contribution in [0.25, 0.3) is 0 Å². The number of hydrogen-bond donors (Lipinski definition) is 1. The van der Waals surface area contributed by atoms with Crippen molar-refractivity contribution in [3.63, 3.8) is 0 Å². The maximum Gasteiger partial charge on any atom is 0.123 e. The molecule has 2 aliphatic rings. The van der Waals surface area contributed by atoms with Gasteiger partial charge in [-0.25, -0.2) is 0 Å². The molecular weight excluding hydrogens is 284 g/mol. The smallest absolute Gasteiger partial charge is 0.123 e. The molecule has 0 radical (unpaired) electrons.